The Morgan fingerprint density at radius 1 is 1.16 bits per heavy atom. The highest BCUT2D eigenvalue weighted by Gasteiger charge is 2.31. The quantitative estimate of drug-likeness (QED) is 0.324. The van der Waals surface area contributed by atoms with Crippen LogP contribution in [0.2, 0.25) is 0 Å². The molecule has 2 heterocycles. The maximum atomic E-state index is 12.6. The average molecular weight is 511 g/mol. The fourth-order valence-corrected chi connectivity index (χ4v) is 5.26. The zero-order valence-electron chi connectivity index (χ0n) is 23.2. The number of nitrogens with two attached hydrogens (primary N) is 1. The van der Waals surface area contributed by atoms with E-state index in [2.05, 4.69) is 59.8 Å². The standard InChI is InChI=1S/C28H42N6O3/c1-20-30-26(29)23-16-24(35)34(27(23)31-20)13-8-7-12-33(19-28(2,3)18-32(4)5)17-22-11-9-10-21(14-22)15-25(36)37-6/h9-11,14H,7-8,12-13,15-19H2,1-6H3,(H2,29,30,31). The third-order valence-electron chi connectivity index (χ3n) is 6.49. The molecule has 9 nitrogen and oxygen atoms in total. The summed E-state index contributed by atoms with van der Waals surface area (Å²) in [5.74, 6) is 1.46. The lowest BCUT2D eigenvalue weighted by Gasteiger charge is -2.35. The van der Waals surface area contributed by atoms with Gasteiger partial charge in [-0.1, -0.05) is 38.1 Å². The number of aromatic nitrogens is 2. The highest BCUT2D eigenvalue weighted by molar-refractivity contribution is 6.01. The van der Waals surface area contributed by atoms with Gasteiger partial charge in [-0.05, 0) is 56.9 Å². The Kier molecular flexibility index (Phi) is 9.62. The first-order valence-electron chi connectivity index (χ1n) is 12.9. The molecule has 0 saturated carbocycles. The van der Waals surface area contributed by atoms with Gasteiger partial charge >= 0.3 is 5.97 Å². The molecular formula is C28H42N6O3. The number of anilines is 2. The Morgan fingerprint density at radius 2 is 1.89 bits per heavy atom. The van der Waals surface area contributed by atoms with Gasteiger partial charge in [-0.2, -0.15) is 0 Å². The van der Waals surface area contributed by atoms with Crippen molar-refractivity contribution in [1.29, 1.82) is 0 Å². The van der Waals surface area contributed by atoms with Gasteiger partial charge in [0, 0.05) is 31.7 Å². The molecular weight excluding hydrogens is 468 g/mol. The van der Waals surface area contributed by atoms with E-state index in [-0.39, 0.29) is 30.1 Å². The summed E-state index contributed by atoms with van der Waals surface area (Å²) in [5, 5.41) is 0. The van der Waals surface area contributed by atoms with Gasteiger partial charge in [-0.3, -0.25) is 19.4 Å². The van der Waals surface area contributed by atoms with E-state index in [0.29, 0.717) is 24.0 Å². The molecule has 37 heavy (non-hydrogen) atoms. The summed E-state index contributed by atoms with van der Waals surface area (Å²) in [4.78, 5) is 39.5. The maximum Gasteiger partial charge on any atom is 0.309 e. The van der Waals surface area contributed by atoms with E-state index >= 15 is 0 Å². The summed E-state index contributed by atoms with van der Waals surface area (Å²) in [6.07, 6.45) is 2.35. The summed E-state index contributed by atoms with van der Waals surface area (Å²) >= 11 is 0. The first kappa shape index (κ1) is 28.5. The summed E-state index contributed by atoms with van der Waals surface area (Å²) in [6, 6.07) is 8.17. The molecule has 2 aromatic rings. The van der Waals surface area contributed by atoms with Crippen molar-refractivity contribution in [2.24, 2.45) is 5.41 Å². The fraction of sp³-hybridized carbons (Fsp3) is 0.571. The van der Waals surface area contributed by atoms with Crippen molar-refractivity contribution in [3.8, 4) is 0 Å². The van der Waals surface area contributed by atoms with Crippen LogP contribution >= 0.6 is 0 Å². The third kappa shape index (κ3) is 8.23. The van der Waals surface area contributed by atoms with Crippen molar-refractivity contribution in [3.05, 3.63) is 46.8 Å². The number of esters is 1. The van der Waals surface area contributed by atoms with Gasteiger partial charge in [0.15, 0.2) is 0 Å². The largest absolute Gasteiger partial charge is 0.469 e. The second kappa shape index (κ2) is 12.5. The average Bonchev–Trinajstić information content (AvgIpc) is 3.11. The van der Waals surface area contributed by atoms with E-state index in [1.165, 1.54) is 12.7 Å². The van der Waals surface area contributed by atoms with Gasteiger partial charge < -0.3 is 15.4 Å². The van der Waals surface area contributed by atoms with Crippen LogP contribution in [0.15, 0.2) is 24.3 Å². The number of carbonyl (C=O) groups is 2. The van der Waals surface area contributed by atoms with Crippen LogP contribution in [0.1, 0.15) is 49.2 Å². The summed E-state index contributed by atoms with van der Waals surface area (Å²) in [5.41, 5.74) is 9.01. The van der Waals surface area contributed by atoms with E-state index in [4.69, 9.17) is 10.5 Å². The normalized spacial score (nSPS) is 13.5. The number of aryl methyl sites for hydroxylation is 1. The van der Waals surface area contributed by atoms with Gasteiger partial charge in [0.05, 0.1) is 20.0 Å². The number of methoxy groups -OCH3 is 1. The molecule has 0 saturated heterocycles. The number of carbonyl (C=O) groups excluding carboxylic acids is 2. The summed E-state index contributed by atoms with van der Waals surface area (Å²) in [7, 11) is 5.62. The Hall–Kier alpha value is -3.04. The number of fused-ring (bicyclic) bond motifs is 1. The molecule has 0 bridgehead atoms. The fourth-order valence-electron chi connectivity index (χ4n) is 5.26. The molecule has 3 rings (SSSR count). The second-order valence-corrected chi connectivity index (χ2v) is 11.1. The van der Waals surface area contributed by atoms with Crippen LogP contribution < -0.4 is 10.6 Å². The summed E-state index contributed by atoms with van der Waals surface area (Å²) in [6.45, 7) is 10.6. The lowest BCUT2D eigenvalue weighted by atomic mass is 9.91. The highest BCUT2D eigenvalue weighted by atomic mass is 16.5. The van der Waals surface area contributed by atoms with Crippen molar-refractivity contribution >= 4 is 23.5 Å². The Balaban J connectivity index is 1.65. The van der Waals surface area contributed by atoms with Gasteiger partial charge in [-0.25, -0.2) is 9.97 Å². The van der Waals surface area contributed by atoms with Crippen LogP contribution in [0, 0.1) is 12.3 Å². The number of benzene rings is 1. The maximum absolute atomic E-state index is 12.6. The van der Waals surface area contributed by atoms with Gasteiger partial charge in [0.25, 0.3) is 0 Å². The molecule has 2 N–H and O–H groups in total. The van der Waals surface area contributed by atoms with Crippen molar-refractivity contribution in [2.75, 3.05) is 58.0 Å². The zero-order valence-corrected chi connectivity index (χ0v) is 23.2. The first-order valence-corrected chi connectivity index (χ1v) is 12.9. The van der Waals surface area contributed by atoms with E-state index in [1.54, 1.807) is 11.8 Å². The molecule has 202 valence electrons. The molecule has 0 aliphatic carbocycles. The van der Waals surface area contributed by atoms with Crippen LogP contribution in [0.25, 0.3) is 0 Å². The molecule has 0 unspecified atom stereocenters. The van der Waals surface area contributed by atoms with Gasteiger partial charge in [0.1, 0.15) is 17.5 Å². The summed E-state index contributed by atoms with van der Waals surface area (Å²) < 4.78 is 4.83. The molecule has 1 amide bonds. The number of unbranched alkanes of at least 4 members (excludes halogenated alkanes) is 1. The number of hydrogen-bond acceptors (Lipinski definition) is 8. The molecule has 0 spiro atoms. The number of ether oxygens (including phenoxy) is 1. The van der Waals surface area contributed by atoms with Crippen molar-refractivity contribution in [1.82, 2.24) is 19.8 Å². The lowest BCUT2D eigenvalue weighted by Crippen LogP contribution is -2.40. The van der Waals surface area contributed by atoms with Crippen molar-refractivity contribution in [3.63, 3.8) is 0 Å². The van der Waals surface area contributed by atoms with Crippen LogP contribution in [0.5, 0.6) is 0 Å². The minimum atomic E-state index is -0.235. The molecule has 1 aromatic heterocycles. The van der Waals surface area contributed by atoms with Crippen LogP contribution in [-0.2, 0) is 33.7 Å². The highest BCUT2D eigenvalue weighted by Crippen LogP contribution is 2.30. The molecule has 0 atom stereocenters. The monoisotopic (exact) mass is 510 g/mol. The van der Waals surface area contributed by atoms with Crippen LogP contribution in [0.3, 0.4) is 0 Å². The minimum absolute atomic E-state index is 0.0352. The number of nitrogen functional groups attached to an aromatic ring is 1. The predicted molar refractivity (Wildman–Crippen MR) is 146 cm³/mol. The molecule has 0 fully saturated rings. The molecule has 1 aromatic carbocycles. The van der Waals surface area contributed by atoms with Gasteiger partial charge in [0.2, 0.25) is 5.91 Å². The SMILES string of the molecule is COC(=O)Cc1cccc(CN(CCCCN2C(=O)Cc3c(N)nc(C)nc32)CC(C)(C)CN(C)C)c1. The van der Waals surface area contributed by atoms with E-state index in [1.807, 2.05) is 12.1 Å². The first-order chi connectivity index (χ1) is 17.5. The van der Waals surface area contributed by atoms with Crippen molar-refractivity contribution < 1.29 is 14.3 Å². The Bertz CT molecular complexity index is 1100. The number of nitrogens with zero attached hydrogens (tertiary/aromatic N) is 5. The minimum Gasteiger partial charge on any atom is -0.469 e. The molecule has 1 aliphatic heterocycles. The topological polar surface area (TPSA) is 105 Å². The molecule has 0 radical (unpaired) electrons. The lowest BCUT2D eigenvalue weighted by molar-refractivity contribution is -0.139. The van der Waals surface area contributed by atoms with E-state index in [9.17, 15) is 9.59 Å². The number of rotatable bonds is 13. The van der Waals surface area contributed by atoms with E-state index in [0.717, 1.165) is 50.1 Å². The third-order valence-corrected chi connectivity index (χ3v) is 6.49. The second-order valence-electron chi connectivity index (χ2n) is 11.1. The van der Waals surface area contributed by atoms with Crippen LogP contribution in [0.4, 0.5) is 11.6 Å². The van der Waals surface area contributed by atoms with Crippen molar-refractivity contribution in [2.45, 2.75) is 53.0 Å². The molecule has 9 heteroatoms. The predicted octanol–water partition coefficient (Wildman–Crippen LogP) is 2.84. The smallest absolute Gasteiger partial charge is 0.309 e. The van der Waals surface area contributed by atoms with Gasteiger partial charge in [-0.15, -0.1) is 0 Å². The Morgan fingerprint density at radius 3 is 2.59 bits per heavy atom. The molecule has 1 aliphatic rings. The van der Waals surface area contributed by atoms with Crippen LogP contribution in [-0.4, -0.2) is 79.0 Å². The van der Waals surface area contributed by atoms with E-state index < -0.39 is 0 Å². The Labute approximate surface area is 221 Å². The number of hydrogen-bond donors (Lipinski definition) is 1. The zero-order chi connectivity index (χ0) is 27.2. The number of amides is 1.